The van der Waals surface area contributed by atoms with E-state index in [9.17, 15) is 18.0 Å². The molecule has 1 aromatic carbocycles. The van der Waals surface area contributed by atoms with Gasteiger partial charge in [-0.3, -0.25) is 14.5 Å². The summed E-state index contributed by atoms with van der Waals surface area (Å²) in [6, 6.07) is 5.31. The highest BCUT2D eigenvalue weighted by Gasteiger charge is 2.16. The van der Waals surface area contributed by atoms with Crippen molar-refractivity contribution in [2.75, 3.05) is 5.32 Å². The maximum atomic E-state index is 13.6. The van der Waals surface area contributed by atoms with E-state index in [1.807, 2.05) is 0 Å². The highest BCUT2D eigenvalue weighted by molar-refractivity contribution is 7.15. The minimum atomic E-state index is -2.91. The number of carbonyl (C=O) groups excluding carboxylic acids is 1. The number of nitrogens with zero attached hydrogens (tertiary/aromatic N) is 5. The molecular weight excluding hydrogens is 405 g/mol. The van der Waals surface area contributed by atoms with Crippen LogP contribution in [0.4, 0.5) is 18.3 Å². The number of amides is 1. The van der Waals surface area contributed by atoms with E-state index in [2.05, 4.69) is 25.6 Å². The third-order valence-corrected chi connectivity index (χ3v) is 4.92. The fourth-order valence-electron chi connectivity index (χ4n) is 2.78. The van der Waals surface area contributed by atoms with Crippen molar-refractivity contribution in [3.63, 3.8) is 0 Å². The largest absolute Gasteiger partial charge is 0.301 e. The van der Waals surface area contributed by atoms with Crippen LogP contribution < -0.4 is 5.32 Å². The maximum absolute atomic E-state index is 13.6. The van der Waals surface area contributed by atoms with Crippen molar-refractivity contribution in [2.45, 2.75) is 19.9 Å². The monoisotopic (exact) mass is 418 g/mol. The number of alkyl halides is 2. The first-order valence-corrected chi connectivity index (χ1v) is 9.22. The zero-order valence-corrected chi connectivity index (χ0v) is 15.8. The summed E-state index contributed by atoms with van der Waals surface area (Å²) in [7, 11) is 0. The van der Waals surface area contributed by atoms with Crippen LogP contribution in [0, 0.1) is 5.82 Å². The van der Waals surface area contributed by atoms with Crippen molar-refractivity contribution in [3.8, 4) is 11.1 Å². The summed E-state index contributed by atoms with van der Waals surface area (Å²) in [6.45, 7) is 1.67. The first-order valence-electron chi connectivity index (χ1n) is 8.40. The van der Waals surface area contributed by atoms with Crippen molar-refractivity contribution in [1.29, 1.82) is 0 Å². The summed E-state index contributed by atoms with van der Waals surface area (Å²) in [5, 5.41) is 15.8. The van der Waals surface area contributed by atoms with Crippen molar-refractivity contribution >= 4 is 33.4 Å². The van der Waals surface area contributed by atoms with Gasteiger partial charge in [0.2, 0.25) is 11.0 Å². The maximum Gasteiger partial charge on any atom is 0.266 e. The fraction of sp³-hybridized carbons (Fsp3) is 0.167. The standard InChI is InChI=1S/C18H13F3N6OS/c1-9(28)24-18-26-25-16(29-18)8-27-15-5-11(6-22-14(15)7-23-27)10-2-3-13(19)12(4-10)17(20)21/h2-7,17H,8H2,1H3,(H,24,26,28). The molecule has 1 N–H and O–H groups in total. The van der Waals surface area contributed by atoms with Gasteiger partial charge in [-0.15, -0.1) is 10.2 Å². The van der Waals surface area contributed by atoms with E-state index < -0.39 is 17.8 Å². The summed E-state index contributed by atoms with van der Waals surface area (Å²) in [5.41, 5.74) is 1.58. The van der Waals surface area contributed by atoms with Gasteiger partial charge in [0.05, 0.1) is 23.8 Å². The number of hydrogen-bond acceptors (Lipinski definition) is 6. The SMILES string of the molecule is CC(=O)Nc1nnc(Cn2ncc3ncc(-c4ccc(F)c(C(F)F)c4)cc32)s1. The lowest BCUT2D eigenvalue weighted by Gasteiger charge is -2.07. The number of fused-ring (bicyclic) bond motifs is 1. The Morgan fingerprint density at radius 2 is 2.03 bits per heavy atom. The van der Waals surface area contributed by atoms with Crippen molar-refractivity contribution < 1.29 is 18.0 Å². The normalized spacial score (nSPS) is 11.3. The smallest absolute Gasteiger partial charge is 0.266 e. The number of pyridine rings is 1. The first-order chi connectivity index (χ1) is 13.9. The number of nitrogens with one attached hydrogen (secondary N) is 1. The Kier molecular flexibility index (Phi) is 4.97. The fourth-order valence-corrected chi connectivity index (χ4v) is 3.55. The molecule has 0 unspecified atom stereocenters. The average Bonchev–Trinajstić information content (AvgIpc) is 3.28. The molecule has 4 aromatic rings. The second-order valence-electron chi connectivity index (χ2n) is 6.15. The molecule has 0 aliphatic rings. The van der Waals surface area contributed by atoms with Gasteiger partial charge in [0.15, 0.2) is 0 Å². The topological polar surface area (TPSA) is 85.6 Å². The third-order valence-electron chi connectivity index (χ3n) is 4.09. The molecule has 3 aromatic heterocycles. The van der Waals surface area contributed by atoms with Crippen LogP contribution >= 0.6 is 11.3 Å². The zero-order valence-electron chi connectivity index (χ0n) is 14.9. The second kappa shape index (κ2) is 7.59. The molecule has 0 atom stereocenters. The van der Waals surface area contributed by atoms with Crippen LogP contribution in [-0.2, 0) is 11.3 Å². The Hall–Kier alpha value is -3.34. The predicted molar refractivity (Wildman–Crippen MR) is 101 cm³/mol. The van der Waals surface area contributed by atoms with Gasteiger partial charge in [0.25, 0.3) is 6.43 Å². The van der Waals surface area contributed by atoms with E-state index in [0.717, 1.165) is 12.1 Å². The molecule has 0 bridgehead atoms. The summed E-state index contributed by atoms with van der Waals surface area (Å²) < 4.78 is 41.2. The van der Waals surface area contributed by atoms with Gasteiger partial charge in [-0.25, -0.2) is 13.2 Å². The molecule has 3 heterocycles. The molecule has 4 rings (SSSR count). The molecule has 1 amide bonds. The molecule has 0 radical (unpaired) electrons. The number of carbonyl (C=O) groups is 1. The van der Waals surface area contributed by atoms with Gasteiger partial charge >= 0.3 is 0 Å². The Balaban J connectivity index is 1.67. The van der Waals surface area contributed by atoms with Crippen LogP contribution in [0.25, 0.3) is 22.2 Å². The summed E-state index contributed by atoms with van der Waals surface area (Å²) >= 11 is 1.21. The predicted octanol–water partition coefficient (Wildman–Crippen LogP) is 4.03. The van der Waals surface area contributed by atoms with Crippen molar-refractivity contribution in [3.05, 3.63) is 53.0 Å². The zero-order chi connectivity index (χ0) is 20.5. The molecule has 0 spiro atoms. The average molecular weight is 418 g/mol. The first kappa shape index (κ1) is 19.0. The van der Waals surface area contributed by atoms with Crippen LogP contribution in [0.5, 0.6) is 0 Å². The van der Waals surface area contributed by atoms with E-state index >= 15 is 0 Å². The molecule has 148 valence electrons. The minimum absolute atomic E-state index is 0.242. The Morgan fingerprint density at radius 1 is 1.21 bits per heavy atom. The lowest BCUT2D eigenvalue weighted by Crippen LogP contribution is -2.04. The summed E-state index contributed by atoms with van der Waals surface area (Å²) in [6.07, 6.45) is 0.188. The highest BCUT2D eigenvalue weighted by Crippen LogP contribution is 2.29. The number of benzene rings is 1. The van der Waals surface area contributed by atoms with Gasteiger partial charge < -0.3 is 5.32 Å². The van der Waals surface area contributed by atoms with Gasteiger partial charge in [0, 0.05) is 18.7 Å². The van der Waals surface area contributed by atoms with Crippen LogP contribution in [0.15, 0.2) is 36.7 Å². The Morgan fingerprint density at radius 3 is 2.79 bits per heavy atom. The van der Waals surface area contributed by atoms with Gasteiger partial charge in [-0.1, -0.05) is 17.4 Å². The van der Waals surface area contributed by atoms with E-state index in [0.29, 0.717) is 32.3 Å². The van der Waals surface area contributed by atoms with Crippen LogP contribution in [0.2, 0.25) is 0 Å². The quantitative estimate of drug-likeness (QED) is 0.529. The van der Waals surface area contributed by atoms with E-state index in [1.165, 1.54) is 30.5 Å². The molecule has 7 nitrogen and oxygen atoms in total. The number of aromatic nitrogens is 5. The second-order valence-corrected chi connectivity index (χ2v) is 7.21. The van der Waals surface area contributed by atoms with Gasteiger partial charge in [-0.05, 0) is 23.8 Å². The summed E-state index contributed by atoms with van der Waals surface area (Å²) in [5.74, 6) is -1.19. The minimum Gasteiger partial charge on any atom is -0.301 e. The summed E-state index contributed by atoms with van der Waals surface area (Å²) in [4.78, 5) is 15.4. The molecule has 0 aliphatic heterocycles. The van der Waals surface area contributed by atoms with Crippen molar-refractivity contribution in [2.24, 2.45) is 0 Å². The number of halogens is 3. The molecule has 0 saturated heterocycles. The number of hydrogen-bond donors (Lipinski definition) is 1. The molecule has 0 aliphatic carbocycles. The molecule has 0 fully saturated rings. The highest BCUT2D eigenvalue weighted by atomic mass is 32.1. The van der Waals surface area contributed by atoms with Crippen LogP contribution in [-0.4, -0.2) is 30.9 Å². The van der Waals surface area contributed by atoms with Gasteiger partial charge in [-0.2, -0.15) is 5.10 Å². The lowest BCUT2D eigenvalue weighted by molar-refractivity contribution is -0.114. The van der Waals surface area contributed by atoms with Crippen molar-refractivity contribution in [1.82, 2.24) is 25.0 Å². The molecule has 29 heavy (non-hydrogen) atoms. The molecule has 0 saturated carbocycles. The van der Waals surface area contributed by atoms with E-state index in [4.69, 9.17) is 0 Å². The van der Waals surface area contributed by atoms with E-state index in [-0.39, 0.29) is 12.5 Å². The van der Waals surface area contributed by atoms with Gasteiger partial charge in [0.1, 0.15) is 16.3 Å². The third kappa shape index (κ3) is 3.94. The number of rotatable bonds is 5. The van der Waals surface area contributed by atoms with E-state index in [1.54, 1.807) is 16.9 Å². The molecule has 11 heteroatoms. The lowest BCUT2D eigenvalue weighted by atomic mass is 10.0. The number of anilines is 1. The Bertz CT molecular complexity index is 1210. The van der Waals surface area contributed by atoms with Crippen LogP contribution in [0.3, 0.4) is 0 Å². The molecular formula is C18H13F3N6OS. The van der Waals surface area contributed by atoms with Crippen LogP contribution in [0.1, 0.15) is 23.9 Å². The Labute approximate surface area is 166 Å².